The largest absolute Gasteiger partial charge is 0.489 e. The molecule has 3 aromatic rings. The summed E-state index contributed by atoms with van der Waals surface area (Å²) in [6.07, 6.45) is 0.679. The predicted molar refractivity (Wildman–Crippen MR) is 182 cm³/mol. The average molecular weight is 646 g/mol. The number of hydrogen-bond donors (Lipinski definition) is 3. The van der Waals surface area contributed by atoms with Crippen molar-refractivity contribution in [2.45, 2.75) is 84.7 Å². The van der Waals surface area contributed by atoms with E-state index in [0.29, 0.717) is 36.3 Å². The summed E-state index contributed by atoms with van der Waals surface area (Å²) < 4.78 is 24.9. The maximum Gasteiger partial charge on any atom is 0.408 e. The Balaban J connectivity index is 1.54. The minimum absolute atomic E-state index is 0.0802. The number of ether oxygens (including phenoxy) is 2. The number of nitrogens with one attached hydrogen (secondary N) is 3. The molecule has 10 heteroatoms. The maximum absolute atomic E-state index is 13.7. The van der Waals surface area contributed by atoms with Crippen LogP contribution in [0.4, 0.5) is 14.9 Å². The summed E-state index contributed by atoms with van der Waals surface area (Å²) in [6, 6.07) is 20.0. The average Bonchev–Trinajstić information content (AvgIpc) is 3.04. The molecule has 0 aliphatic carbocycles. The molecule has 46 heavy (non-hydrogen) atoms. The summed E-state index contributed by atoms with van der Waals surface area (Å²) in [5.41, 5.74) is 6.71. The molecule has 3 amide bonds. The second kappa shape index (κ2) is 17.8. The first kappa shape index (κ1) is 35.9. The predicted octanol–water partition coefficient (Wildman–Crippen LogP) is 6.89. The van der Waals surface area contributed by atoms with Gasteiger partial charge in [0.1, 0.15) is 45.8 Å². The van der Waals surface area contributed by atoms with Crippen molar-refractivity contribution in [1.82, 2.24) is 10.6 Å². The quantitative estimate of drug-likeness (QED) is 0.131. The Hall–Kier alpha value is -4.62. The molecular formula is C36H44FN3O5Si. The maximum atomic E-state index is 13.7. The van der Waals surface area contributed by atoms with Crippen LogP contribution in [0.1, 0.15) is 55.4 Å². The van der Waals surface area contributed by atoms with E-state index in [4.69, 9.17) is 9.47 Å². The molecule has 1 unspecified atom stereocenters. The van der Waals surface area contributed by atoms with Crippen LogP contribution < -0.4 is 20.7 Å². The van der Waals surface area contributed by atoms with E-state index in [1.165, 1.54) is 0 Å². The first-order chi connectivity index (χ1) is 22.0. The summed E-state index contributed by atoms with van der Waals surface area (Å²) >= 11 is 0. The Morgan fingerprint density at radius 1 is 0.848 bits per heavy atom. The molecule has 0 fully saturated rings. The molecule has 0 aromatic heterocycles. The summed E-state index contributed by atoms with van der Waals surface area (Å²) in [6.45, 7) is 9.78. The first-order valence-electron chi connectivity index (χ1n) is 15.5. The minimum atomic E-state index is -1.55. The molecule has 3 aromatic carbocycles. The zero-order valence-corrected chi connectivity index (χ0v) is 28.2. The number of rotatable bonds is 14. The molecule has 0 spiro atoms. The van der Waals surface area contributed by atoms with Gasteiger partial charge in [-0.2, -0.15) is 0 Å². The summed E-state index contributed by atoms with van der Waals surface area (Å²) in [5, 5.41) is 8.20. The zero-order valence-electron chi connectivity index (χ0n) is 27.2. The molecule has 3 N–H and O–H groups in total. The highest BCUT2D eigenvalue weighted by molar-refractivity contribution is 6.83. The van der Waals surface area contributed by atoms with Crippen LogP contribution in [0, 0.1) is 11.5 Å². The van der Waals surface area contributed by atoms with Crippen molar-refractivity contribution in [2.24, 2.45) is 0 Å². The molecule has 0 bridgehead atoms. The second-order valence-corrected chi connectivity index (χ2v) is 16.7. The number of carbonyl (C=O) groups excluding carboxylic acids is 3. The molecular weight excluding hydrogens is 601 g/mol. The van der Waals surface area contributed by atoms with Gasteiger partial charge in [-0.05, 0) is 54.3 Å². The van der Waals surface area contributed by atoms with Gasteiger partial charge in [-0.15, -0.1) is 5.54 Å². The van der Waals surface area contributed by atoms with Crippen LogP contribution in [-0.4, -0.2) is 38.1 Å². The molecule has 0 aliphatic rings. The highest BCUT2D eigenvalue weighted by Crippen LogP contribution is 2.23. The molecule has 0 aliphatic heterocycles. The molecule has 0 radical (unpaired) electrons. The minimum Gasteiger partial charge on any atom is -0.489 e. The van der Waals surface area contributed by atoms with Gasteiger partial charge in [0.15, 0.2) is 0 Å². The number of carbonyl (C=O) groups is 3. The van der Waals surface area contributed by atoms with Crippen molar-refractivity contribution in [1.29, 1.82) is 0 Å². The van der Waals surface area contributed by atoms with Gasteiger partial charge in [0.25, 0.3) is 0 Å². The summed E-state index contributed by atoms with van der Waals surface area (Å²) in [7, 11) is -1.55. The lowest BCUT2D eigenvalue weighted by Gasteiger charge is -2.22. The van der Waals surface area contributed by atoms with Gasteiger partial charge in [0, 0.05) is 16.8 Å². The van der Waals surface area contributed by atoms with Crippen LogP contribution >= 0.6 is 0 Å². The van der Waals surface area contributed by atoms with Crippen molar-refractivity contribution in [2.75, 3.05) is 5.32 Å². The number of amides is 3. The third kappa shape index (κ3) is 12.0. The Morgan fingerprint density at radius 2 is 1.54 bits per heavy atom. The van der Waals surface area contributed by atoms with Gasteiger partial charge in [0.05, 0.1) is 0 Å². The standard InChI is InChI=1S/C36H44FN3O5Si/c1-6-11-32(39-34(41)31(7-2)40-36(43)45-25-27-12-9-8-10-13-27)35(42)38-30-17-14-28(15-18-30)24-44-33-19-16-26(22-29(33)23-37)20-21-46(3,4)5/h8-10,12-19,22,31-32H,6-7,11,23-25H2,1-5H3,(H,38,42)(H,39,41)(H,40,43)/t31?,32-/m0/s1. The first-order valence-corrected chi connectivity index (χ1v) is 19.0. The number of anilines is 1. The summed E-state index contributed by atoms with van der Waals surface area (Å²) in [4.78, 5) is 38.4. The fraction of sp³-hybridized carbons (Fsp3) is 0.361. The molecule has 244 valence electrons. The zero-order chi connectivity index (χ0) is 33.5. The Bertz CT molecular complexity index is 1510. The third-order valence-corrected chi connectivity index (χ3v) is 7.72. The van der Waals surface area contributed by atoms with E-state index >= 15 is 0 Å². The van der Waals surface area contributed by atoms with E-state index in [1.807, 2.05) is 55.5 Å². The van der Waals surface area contributed by atoms with E-state index < -0.39 is 38.8 Å². The van der Waals surface area contributed by atoms with Crippen molar-refractivity contribution in [3.05, 3.63) is 95.1 Å². The van der Waals surface area contributed by atoms with Crippen LogP contribution in [-0.2, 0) is 34.2 Å². The topological polar surface area (TPSA) is 106 Å². The van der Waals surface area contributed by atoms with Crippen LogP contribution in [0.15, 0.2) is 72.8 Å². The molecule has 0 heterocycles. The fourth-order valence-electron chi connectivity index (χ4n) is 4.33. The van der Waals surface area contributed by atoms with Gasteiger partial charge >= 0.3 is 6.09 Å². The molecule has 2 atom stereocenters. The Morgan fingerprint density at radius 3 is 2.17 bits per heavy atom. The molecule has 0 saturated heterocycles. The van der Waals surface area contributed by atoms with Crippen LogP contribution in [0.5, 0.6) is 5.75 Å². The second-order valence-electron chi connectivity index (χ2n) is 11.9. The van der Waals surface area contributed by atoms with Crippen LogP contribution in [0.3, 0.4) is 0 Å². The smallest absolute Gasteiger partial charge is 0.408 e. The molecule has 3 rings (SSSR count). The van der Waals surface area contributed by atoms with Crippen molar-refractivity contribution in [3.63, 3.8) is 0 Å². The molecule has 0 saturated carbocycles. The number of benzene rings is 3. The van der Waals surface area contributed by atoms with E-state index in [2.05, 4.69) is 47.1 Å². The monoisotopic (exact) mass is 645 g/mol. The van der Waals surface area contributed by atoms with Crippen molar-refractivity contribution >= 4 is 31.7 Å². The normalized spacial score (nSPS) is 12.1. The summed E-state index contributed by atoms with van der Waals surface area (Å²) in [5.74, 6) is 2.76. The van der Waals surface area contributed by atoms with Gasteiger partial charge in [-0.25, -0.2) is 9.18 Å². The fourth-order valence-corrected chi connectivity index (χ4v) is 4.85. The van der Waals surface area contributed by atoms with Crippen molar-refractivity contribution in [3.8, 4) is 17.2 Å². The number of alkyl halides is 1. The number of halogens is 1. The lowest BCUT2D eigenvalue weighted by molar-refractivity contribution is -0.128. The van der Waals surface area contributed by atoms with Gasteiger partial charge in [-0.3, -0.25) is 9.59 Å². The molecule has 8 nitrogen and oxygen atoms in total. The SMILES string of the molecule is CCC[C@H](NC(=O)C(CC)NC(=O)OCc1ccccc1)C(=O)Nc1ccc(COc2ccc(C#C[Si](C)(C)C)cc2CF)cc1. The Kier molecular flexibility index (Phi) is 13.8. The Labute approximate surface area is 272 Å². The van der Waals surface area contributed by atoms with E-state index in [0.717, 1.165) is 16.7 Å². The van der Waals surface area contributed by atoms with Crippen LogP contribution in [0.2, 0.25) is 19.6 Å². The van der Waals surface area contributed by atoms with E-state index in [-0.39, 0.29) is 19.1 Å². The third-order valence-electron chi connectivity index (χ3n) is 6.84. The number of alkyl carbamates (subject to hydrolysis) is 1. The van der Waals surface area contributed by atoms with Gasteiger partial charge in [0.2, 0.25) is 11.8 Å². The lowest BCUT2D eigenvalue weighted by atomic mass is 10.1. The highest BCUT2D eigenvalue weighted by atomic mass is 28.3. The van der Waals surface area contributed by atoms with Gasteiger partial charge < -0.3 is 25.4 Å². The lowest BCUT2D eigenvalue weighted by Crippen LogP contribution is -2.52. The highest BCUT2D eigenvalue weighted by Gasteiger charge is 2.26. The van der Waals surface area contributed by atoms with E-state index in [1.54, 1.807) is 31.2 Å². The van der Waals surface area contributed by atoms with Crippen molar-refractivity contribution < 1.29 is 28.2 Å². The van der Waals surface area contributed by atoms with Gasteiger partial charge in [-0.1, -0.05) is 88.3 Å². The van der Waals surface area contributed by atoms with E-state index in [9.17, 15) is 18.8 Å². The number of hydrogen-bond acceptors (Lipinski definition) is 5. The van der Waals surface area contributed by atoms with Crippen LogP contribution in [0.25, 0.3) is 0 Å².